The third kappa shape index (κ3) is 2.09. The maximum absolute atomic E-state index is 11.9. The third-order valence-electron chi connectivity index (χ3n) is 3.15. The first kappa shape index (κ1) is 14.2. The number of Topliss-reactive ketones (excluding diaryl/α,β-unsaturated/α-hetero) is 1. The smallest absolute Gasteiger partial charge is 0.204 e. The molecule has 1 aliphatic heterocycles. The standard InChI is InChI=1S/C15H18O5/c1-8(16)10-11(17)14(19-5)13(18-4)9-6-7-15(2,3)20-12(9)10/h6-7,17H,1-5H3. The van der Waals surface area contributed by atoms with Crippen molar-refractivity contribution in [2.45, 2.75) is 26.4 Å². The number of methoxy groups -OCH3 is 2. The molecular formula is C15H18O5. The molecule has 5 heteroatoms. The molecule has 0 radical (unpaired) electrons. The number of carbonyl (C=O) groups excluding carboxylic acids is 1. The zero-order chi connectivity index (χ0) is 15.1. The molecule has 0 amide bonds. The summed E-state index contributed by atoms with van der Waals surface area (Å²) in [5.41, 5.74) is 0.130. The van der Waals surface area contributed by atoms with Crippen molar-refractivity contribution in [3.05, 3.63) is 17.2 Å². The van der Waals surface area contributed by atoms with Crippen molar-refractivity contribution in [1.82, 2.24) is 0 Å². The van der Waals surface area contributed by atoms with Crippen LogP contribution in [0.1, 0.15) is 36.7 Å². The second-order valence-corrected chi connectivity index (χ2v) is 5.13. The van der Waals surface area contributed by atoms with Gasteiger partial charge in [-0.2, -0.15) is 0 Å². The predicted octanol–water partition coefficient (Wildman–Crippen LogP) is 2.80. The van der Waals surface area contributed by atoms with Crippen LogP contribution in [0.2, 0.25) is 0 Å². The number of aromatic hydroxyl groups is 1. The van der Waals surface area contributed by atoms with Crippen LogP contribution in [0.3, 0.4) is 0 Å². The van der Waals surface area contributed by atoms with Crippen molar-refractivity contribution < 1.29 is 24.1 Å². The Balaban J connectivity index is 2.85. The van der Waals surface area contributed by atoms with Gasteiger partial charge in [0.25, 0.3) is 0 Å². The Hall–Kier alpha value is -2.17. The number of carbonyl (C=O) groups is 1. The highest BCUT2D eigenvalue weighted by Crippen LogP contribution is 2.51. The van der Waals surface area contributed by atoms with E-state index in [0.717, 1.165) is 0 Å². The summed E-state index contributed by atoms with van der Waals surface area (Å²) in [6.07, 6.45) is 3.67. The average Bonchev–Trinajstić information content (AvgIpc) is 2.35. The van der Waals surface area contributed by atoms with Gasteiger partial charge in [-0.05, 0) is 32.9 Å². The third-order valence-corrected chi connectivity index (χ3v) is 3.15. The average molecular weight is 278 g/mol. The fourth-order valence-electron chi connectivity index (χ4n) is 2.25. The molecule has 1 aromatic carbocycles. The minimum Gasteiger partial charge on any atom is -0.504 e. The number of hydrogen-bond donors (Lipinski definition) is 1. The monoisotopic (exact) mass is 278 g/mol. The first-order chi connectivity index (χ1) is 9.32. The number of phenolic OH excluding ortho intramolecular Hbond substituents is 1. The molecule has 0 aliphatic carbocycles. The van der Waals surface area contributed by atoms with Crippen molar-refractivity contribution in [2.24, 2.45) is 0 Å². The van der Waals surface area contributed by atoms with Crippen LogP contribution >= 0.6 is 0 Å². The van der Waals surface area contributed by atoms with Gasteiger partial charge in [0, 0.05) is 0 Å². The number of ether oxygens (including phenoxy) is 3. The number of fused-ring (bicyclic) bond motifs is 1. The van der Waals surface area contributed by atoms with Gasteiger partial charge in [-0.3, -0.25) is 4.79 Å². The Morgan fingerprint density at radius 1 is 1.25 bits per heavy atom. The van der Waals surface area contributed by atoms with Crippen LogP contribution in [0.5, 0.6) is 23.0 Å². The normalized spacial score (nSPS) is 15.2. The highest BCUT2D eigenvalue weighted by molar-refractivity contribution is 6.03. The van der Waals surface area contributed by atoms with Crippen LogP contribution in [-0.2, 0) is 0 Å². The largest absolute Gasteiger partial charge is 0.504 e. The summed E-state index contributed by atoms with van der Waals surface area (Å²) in [7, 11) is 2.88. The lowest BCUT2D eigenvalue weighted by atomic mass is 9.96. The van der Waals surface area contributed by atoms with E-state index in [1.807, 2.05) is 26.0 Å². The van der Waals surface area contributed by atoms with Gasteiger partial charge in [-0.25, -0.2) is 0 Å². The van der Waals surface area contributed by atoms with E-state index in [9.17, 15) is 9.90 Å². The summed E-state index contributed by atoms with van der Waals surface area (Å²) in [5, 5.41) is 10.3. The van der Waals surface area contributed by atoms with E-state index in [2.05, 4.69) is 0 Å². The number of rotatable bonds is 3. The van der Waals surface area contributed by atoms with Gasteiger partial charge >= 0.3 is 0 Å². The Kier molecular flexibility index (Phi) is 3.38. The molecule has 1 N–H and O–H groups in total. The maximum atomic E-state index is 11.9. The quantitative estimate of drug-likeness (QED) is 0.861. The Morgan fingerprint density at radius 2 is 1.85 bits per heavy atom. The first-order valence-electron chi connectivity index (χ1n) is 6.22. The summed E-state index contributed by atoms with van der Waals surface area (Å²) in [6, 6.07) is 0. The molecule has 0 saturated carbocycles. The predicted molar refractivity (Wildman–Crippen MR) is 75.0 cm³/mol. The minimum atomic E-state index is -0.566. The Morgan fingerprint density at radius 3 is 2.35 bits per heavy atom. The van der Waals surface area contributed by atoms with E-state index in [1.54, 1.807) is 0 Å². The molecule has 1 aromatic rings. The molecular weight excluding hydrogens is 260 g/mol. The van der Waals surface area contributed by atoms with Crippen LogP contribution in [0.15, 0.2) is 6.08 Å². The maximum Gasteiger partial charge on any atom is 0.204 e. The molecule has 0 bridgehead atoms. The van der Waals surface area contributed by atoms with Crippen LogP contribution in [-0.4, -0.2) is 30.7 Å². The summed E-state index contributed by atoms with van der Waals surface area (Å²) >= 11 is 0. The van der Waals surface area contributed by atoms with Crippen LogP contribution in [0.4, 0.5) is 0 Å². The van der Waals surface area contributed by atoms with Gasteiger partial charge in [0.2, 0.25) is 5.75 Å². The zero-order valence-corrected chi connectivity index (χ0v) is 12.2. The summed E-state index contributed by atoms with van der Waals surface area (Å²) in [4.78, 5) is 11.9. The highest BCUT2D eigenvalue weighted by atomic mass is 16.5. The Labute approximate surface area is 117 Å². The fourth-order valence-corrected chi connectivity index (χ4v) is 2.25. The lowest BCUT2D eigenvalue weighted by Gasteiger charge is -2.30. The van der Waals surface area contributed by atoms with E-state index >= 15 is 0 Å². The van der Waals surface area contributed by atoms with Crippen molar-refractivity contribution >= 4 is 11.9 Å². The van der Waals surface area contributed by atoms with Crippen molar-refractivity contribution in [1.29, 1.82) is 0 Å². The first-order valence-corrected chi connectivity index (χ1v) is 6.22. The van der Waals surface area contributed by atoms with Crippen LogP contribution in [0, 0.1) is 0 Å². The second-order valence-electron chi connectivity index (χ2n) is 5.13. The lowest BCUT2D eigenvalue weighted by molar-refractivity contribution is 0.0995. The molecule has 0 fully saturated rings. The molecule has 0 saturated heterocycles. The molecule has 20 heavy (non-hydrogen) atoms. The van der Waals surface area contributed by atoms with E-state index in [0.29, 0.717) is 17.1 Å². The molecule has 0 atom stereocenters. The number of benzene rings is 1. The van der Waals surface area contributed by atoms with Gasteiger partial charge in [-0.15, -0.1) is 0 Å². The minimum absolute atomic E-state index is 0.107. The molecule has 1 heterocycles. The van der Waals surface area contributed by atoms with E-state index in [1.165, 1.54) is 21.1 Å². The molecule has 0 unspecified atom stereocenters. The summed E-state index contributed by atoms with van der Waals surface area (Å²) < 4.78 is 16.3. The second kappa shape index (κ2) is 4.74. The molecule has 2 rings (SSSR count). The van der Waals surface area contributed by atoms with Crippen LogP contribution < -0.4 is 14.2 Å². The van der Waals surface area contributed by atoms with E-state index in [-0.39, 0.29) is 22.8 Å². The van der Waals surface area contributed by atoms with Crippen molar-refractivity contribution in [2.75, 3.05) is 14.2 Å². The van der Waals surface area contributed by atoms with Crippen LogP contribution in [0.25, 0.3) is 6.08 Å². The van der Waals surface area contributed by atoms with Gasteiger partial charge in [0.15, 0.2) is 17.3 Å². The van der Waals surface area contributed by atoms with Gasteiger partial charge < -0.3 is 19.3 Å². The van der Waals surface area contributed by atoms with Crippen molar-refractivity contribution in [3.63, 3.8) is 0 Å². The lowest BCUT2D eigenvalue weighted by Crippen LogP contribution is -2.28. The highest BCUT2D eigenvalue weighted by Gasteiger charge is 2.33. The number of phenols is 1. The number of hydrogen-bond acceptors (Lipinski definition) is 5. The van der Waals surface area contributed by atoms with Crippen molar-refractivity contribution in [3.8, 4) is 23.0 Å². The van der Waals surface area contributed by atoms with E-state index < -0.39 is 5.60 Å². The fraction of sp³-hybridized carbons (Fsp3) is 0.400. The summed E-state index contributed by atoms with van der Waals surface area (Å²) in [5.74, 6) is 0.230. The molecule has 0 spiro atoms. The molecule has 108 valence electrons. The zero-order valence-electron chi connectivity index (χ0n) is 12.2. The molecule has 1 aliphatic rings. The molecule has 5 nitrogen and oxygen atoms in total. The van der Waals surface area contributed by atoms with Gasteiger partial charge in [-0.1, -0.05) is 0 Å². The molecule has 0 aromatic heterocycles. The Bertz CT molecular complexity index is 599. The topological polar surface area (TPSA) is 65.0 Å². The van der Waals surface area contributed by atoms with Gasteiger partial charge in [0.1, 0.15) is 16.9 Å². The SMILES string of the molecule is COc1c(O)c(C(C)=O)c2c(c1OC)C=CC(C)(C)O2. The van der Waals surface area contributed by atoms with E-state index in [4.69, 9.17) is 14.2 Å². The number of ketones is 1. The van der Waals surface area contributed by atoms with Gasteiger partial charge in [0.05, 0.1) is 19.8 Å². The summed E-state index contributed by atoms with van der Waals surface area (Å²) in [6.45, 7) is 5.10.